The van der Waals surface area contributed by atoms with Gasteiger partial charge in [0, 0.05) is 37.0 Å². The highest BCUT2D eigenvalue weighted by Gasteiger charge is 2.20. The minimum atomic E-state index is -0.479. The van der Waals surface area contributed by atoms with Gasteiger partial charge in [0.15, 0.2) is 0 Å². The molecule has 2 aliphatic heterocycles. The number of nitrogens with zero attached hydrogens (tertiary/aromatic N) is 4. The second kappa shape index (κ2) is 17.1. The van der Waals surface area contributed by atoms with E-state index < -0.39 is 11.7 Å². The zero-order valence-electron chi connectivity index (χ0n) is 26.3. The van der Waals surface area contributed by atoms with Crippen LogP contribution in [-0.4, -0.2) is 41.7 Å². The van der Waals surface area contributed by atoms with Crippen LogP contribution < -0.4 is 15.4 Å². The third kappa shape index (κ3) is 10.8. The number of rotatable bonds is 8. The van der Waals surface area contributed by atoms with E-state index in [1.165, 1.54) is 24.5 Å². The second-order valence-corrected chi connectivity index (χ2v) is 11.3. The number of hydrogen-bond donors (Lipinski definition) is 1. The number of aromatic nitrogens is 2. The molecule has 0 radical (unpaired) electrons. The molecular formula is C35H44FN5O3. The summed E-state index contributed by atoms with van der Waals surface area (Å²) in [7, 11) is 0. The first-order chi connectivity index (χ1) is 21.1. The predicted molar refractivity (Wildman–Crippen MR) is 171 cm³/mol. The van der Waals surface area contributed by atoms with Gasteiger partial charge in [-0.25, -0.2) is 9.37 Å². The van der Waals surface area contributed by atoms with Crippen molar-refractivity contribution in [1.29, 1.82) is 5.26 Å². The summed E-state index contributed by atoms with van der Waals surface area (Å²) < 4.78 is 24.7. The minimum absolute atomic E-state index is 0.0781. The summed E-state index contributed by atoms with van der Waals surface area (Å²) in [6.45, 7) is 15.1. The van der Waals surface area contributed by atoms with E-state index in [0.717, 1.165) is 56.0 Å². The monoisotopic (exact) mass is 601 g/mol. The maximum atomic E-state index is 14.0. The molecule has 234 valence electrons. The maximum Gasteiger partial charge on any atom is 0.267 e. The number of nitriles is 1. The van der Waals surface area contributed by atoms with Gasteiger partial charge in [0.05, 0.1) is 17.7 Å². The van der Waals surface area contributed by atoms with Gasteiger partial charge in [-0.2, -0.15) is 10.2 Å². The number of pyridine rings is 2. The Morgan fingerprint density at radius 1 is 1.16 bits per heavy atom. The van der Waals surface area contributed by atoms with E-state index in [1.54, 1.807) is 24.3 Å². The summed E-state index contributed by atoms with van der Waals surface area (Å²) >= 11 is 0. The number of benzene rings is 1. The van der Waals surface area contributed by atoms with E-state index in [9.17, 15) is 9.18 Å². The lowest BCUT2D eigenvalue weighted by molar-refractivity contribution is -0.0516. The Morgan fingerprint density at radius 3 is 2.41 bits per heavy atom. The Kier molecular flexibility index (Phi) is 13.3. The van der Waals surface area contributed by atoms with Crippen molar-refractivity contribution in [3.63, 3.8) is 0 Å². The fraction of sp³-hybridized carbons (Fsp3) is 0.429. The third-order valence-electron chi connectivity index (χ3n) is 7.69. The lowest BCUT2D eigenvalue weighted by Gasteiger charge is -2.33. The molecule has 8 nitrogen and oxygen atoms in total. The van der Waals surface area contributed by atoms with Crippen LogP contribution in [0.25, 0.3) is 0 Å². The number of hydrogen-bond acceptors (Lipinski definition) is 7. The highest BCUT2D eigenvalue weighted by Crippen LogP contribution is 2.27. The quantitative estimate of drug-likeness (QED) is 0.281. The molecule has 2 N–H and O–H groups in total. The molecule has 0 saturated carbocycles. The average molecular weight is 602 g/mol. The molecule has 1 unspecified atom stereocenters. The van der Waals surface area contributed by atoms with Crippen LogP contribution >= 0.6 is 0 Å². The molecule has 2 aliphatic rings. The van der Waals surface area contributed by atoms with Gasteiger partial charge in [0.2, 0.25) is 5.88 Å². The van der Waals surface area contributed by atoms with Crippen LogP contribution in [0.15, 0.2) is 60.7 Å². The Bertz CT molecular complexity index is 1440. The summed E-state index contributed by atoms with van der Waals surface area (Å²) in [6, 6.07) is 15.4. The van der Waals surface area contributed by atoms with E-state index in [2.05, 4.69) is 35.3 Å². The summed E-state index contributed by atoms with van der Waals surface area (Å²) in [5.74, 6) is 1.15. The Labute approximate surface area is 260 Å². The van der Waals surface area contributed by atoms with Gasteiger partial charge in [-0.05, 0) is 88.6 Å². The zero-order chi connectivity index (χ0) is 32.1. The van der Waals surface area contributed by atoms with E-state index in [1.807, 2.05) is 38.1 Å². The van der Waals surface area contributed by atoms with E-state index in [4.69, 9.17) is 20.5 Å². The SMILES string of the molecule is C=C(C)CC1CCN(c2cccc(OCc3ccc(C#N)cc3F)n2)CC1.CCC1CCO1.Cc1ccc(C(N)=O)nc1C. The molecule has 5 rings (SSSR count). The Morgan fingerprint density at radius 2 is 1.89 bits per heavy atom. The van der Waals surface area contributed by atoms with Gasteiger partial charge in [0.25, 0.3) is 5.91 Å². The largest absolute Gasteiger partial charge is 0.473 e. The minimum Gasteiger partial charge on any atom is -0.473 e. The number of anilines is 1. The Balaban J connectivity index is 0.000000253. The fourth-order valence-electron chi connectivity index (χ4n) is 4.78. The lowest BCUT2D eigenvalue weighted by atomic mass is 9.91. The second-order valence-electron chi connectivity index (χ2n) is 11.3. The van der Waals surface area contributed by atoms with Crippen molar-refractivity contribution in [2.45, 2.75) is 72.5 Å². The fourth-order valence-corrected chi connectivity index (χ4v) is 4.78. The number of piperidine rings is 1. The average Bonchev–Trinajstić information content (AvgIpc) is 2.98. The molecule has 9 heteroatoms. The number of nitrogens with two attached hydrogens (primary N) is 1. The first kappa shape index (κ1) is 34.2. The molecule has 2 fully saturated rings. The lowest BCUT2D eigenvalue weighted by Crippen LogP contribution is -2.34. The van der Waals surface area contributed by atoms with Gasteiger partial charge < -0.3 is 20.1 Å². The molecule has 2 aromatic heterocycles. The normalized spacial score (nSPS) is 15.8. The standard InChI is InChI=1S/C22H24FN3O.C8H10N2O.C5H10O/c1-16(2)12-17-8-10-26(11-9-17)21-4-3-5-22(25-21)27-15-19-7-6-18(14-24)13-20(19)23;1-5-3-4-7(8(9)11)10-6(5)2;1-2-5-3-4-6-5/h3-7,13,17H,1,8-12,15H2,2H3;3-4H,1-2H3,(H2,9,11);5H,2-4H2,1H3. The van der Waals surface area contributed by atoms with Gasteiger partial charge in [0.1, 0.15) is 23.9 Å². The molecule has 0 spiro atoms. The van der Waals surface area contributed by atoms with Crippen LogP contribution in [0.4, 0.5) is 10.2 Å². The molecule has 44 heavy (non-hydrogen) atoms. The summed E-state index contributed by atoms with van der Waals surface area (Å²) in [4.78, 5) is 21.5. The topological polar surface area (TPSA) is 114 Å². The van der Waals surface area contributed by atoms with E-state index in [0.29, 0.717) is 34.7 Å². The molecule has 2 saturated heterocycles. The number of amides is 1. The number of aryl methyl sites for hydroxylation is 2. The van der Waals surface area contributed by atoms with Crippen LogP contribution in [0.1, 0.15) is 78.8 Å². The van der Waals surface area contributed by atoms with E-state index >= 15 is 0 Å². The highest BCUT2D eigenvalue weighted by atomic mass is 19.1. The van der Waals surface area contributed by atoms with Gasteiger partial charge in [-0.1, -0.05) is 30.7 Å². The van der Waals surface area contributed by atoms with E-state index in [-0.39, 0.29) is 6.61 Å². The van der Waals surface area contributed by atoms with Crippen molar-refractivity contribution >= 4 is 11.7 Å². The smallest absolute Gasteiger partial charge is 0.267 e. The first-order valence-electron chi connectivity index (χ1n) is 15.1. The molecular weight excluding hydrogens is 557 g/mol. The number of carbonyl (C=O) groups excluding carboxylic acids is 1. The number of halogens is 1. The van der Waals surface area contributed by atoms with Crippen LogP contribution in [0.5, 0.6) is 5.88 Å². The van der Waals surface area contributed by atoms with Crippen LogP contribution in [0.3, 0.4) is 0 Å². The van der Waals surface area contributed by atoms with Crippen molar-refractivity contribution in [3.05, 3.63) is 94.6 Å². The maximum absolute atomic E-state index is 14.0. The first-order valence-corrected chi connectivity index (χ1v) is 15.1. The molecule has 0 aliphatic carbocycles. The number of primary amides is 1. The number of allylic oxidation sites excluding steroid dienone is 1. The number of ether oxygens (including phenoxy) is 2. The van der Waals surface area contributed by atoms with Gasteiger partial charge >= 0.3 is 0 Å². The van der Waals surface area contributed by atoms with Crippen LogP contribution in [0.2, 0.25) is 0 Å². The molecule has 4 heterocycles. The molecule has 1 amide bonds. The molecule has 3 aromatic rings. The Hall–Kier alpha value is -4.29. The molecule has 1 aromatic carbocycles. The van der Waals surface area contributed by atoms with Crippen molar-refractivity contribution in [1.82, 2.24) is 9.97 Å². The zero-order valence-corrected chi connectivity index (χ0v) is 26.3. The molecule has 1 atom stereocenters. The van der Waals surface area contributed by atoms with Crippen molar-refractivity contribution in [3.8, 4) is 11.9 Å². The summed E-state index contributed by atoms with van der Waals surface area (Å²) in [5.41, 5.74) is 9.22. The summed E-state index contributed by atoms with van der Waals surface area (Å²) in [6.07, 6.45) is 6.47. The van der Waals surface area contributed by atoms with Gasteiger partial charge in [-0.15, -0.1) is 6.58 Å². The predicted octanol–water partition coefficient (Wildman–Crippen LogP) is 6.84. The molecule has 0 bridgehead atoms. The van der Waals surface area contributed by atoms with Crippen LogP contribution in [0, 0.1) is 36.9 Å². The number of carbonyl (C=O) groups is 1. The van der Waals surface area contributed by atoms with Crippen molar-refractivity contribution < 1.29 is 18.7 Å². The van der Waals surface area contributed by atoms with Crippen LogP contribution in [-0.2, 0) is 11.3 Å². The van der Waals surface area contributed by atoms with Gasteiger partial charge in [-0.3, -0.25) is 4.79 Å². The van der Waals surface area contributed by atoms with Crippen molar-refractivity contribution in [2.75, 3.05) is 24.6 Å². The summed E-state index contributed by atoms with van der Waals surface area (Å²) in [5, 5.41) is 8.81. The van der Waals surface area contributed by atoms with Crippen molar-refractivity contribution in [2.24, 2.45) is 11.7 Å². The third-order valence-corrected chi connectivity index (χ3v) is 7.69. The highest BCUT2D eigenvalue weighted by molar-refractivity contribution is 5.90.